The highest BCUT2D eigenvalue weighted by molar-refractivity contribution is 5.91. The van der Waals surface area contributed by atoms with Gasteiger partial charge in [0.05, 0.1) is 12.2 Å². The van der Waals surface area contributed by atoms with Crippen molar-refractivity contribution in [3.05, 3.63) is 23.8 Å². The normalized spacial score (nSPS) is 44.7. The fourth-order valence-electron chi connectivity index (χ4n) is 3.26. The Kier molecular flexibility index (Phi) is 3.02. The van der Waals surface area contributed by atoms with Gasteiger partial charge in [0.25, 0.3) is 0 Å². The van der Waals surface area contributed by atoms with E-state index in [1.54, 1.807) is 0 Å². The third-order valence-electron chi connectivity index (χ3n) is 4.64. The van der Waals surface area contributed by atoms with Crippen LogP contribution in [-0.4, -0.2) is 35.5 Å². The van der Waals surface area contributed by atoms with E-state index in [4.69, 9.17) is 9.47 Å². The largest absolute Gasteiger partial charge is 0.455 e. The van der Waals surface area contributed by atoms with Gasteiger partial charge in [0.1, 0.15) is 12.2 Å². The first-order valence-corrected chi connectivity index (χ1v) is 6.91. The summed E-state index contributed by atoms with van der Waals surface area (Å²) in [6, 6.07) is 0. The van der Waals surface area contributed by atoms with E-state index in [9.17, 15) is 9.90 Å². The van der Waals surface area contributed by atoms with E-state index >= 15 is 0 Å². The summed E-state index contributed by atoms with van der Waals surface area (Å²) in [6.45, 7) is 6.01. The van der Waals surface area contributed by atoms with E-state index in [0.717, 1.165) is 31.3 Å². The highest BCUT2D eigenvalue weighted by atomic mass is 16.6. The third kappa shape index (κ3) is 2.13. The van der Waals surface area contributed by atoms with Gasteiger partial charge in [-0.25, -0.2) is 4.79 Å². The van der Waals surface area contributed by atoms with Gasteiger partial charge in [0.15, 0.2) is 0 Å². The number of aliphatic hydroxyl groups excluding tert-OH is 1. The molecule has 4 atom stereocenters. The predicted molar refractivity (Wildman–Crippen MR) is 69.4 cm³/mol. The zero-order valence-corrected chi connectivity index (χ0v) is 11.2. The van der Waals surface area contributed by atoms with Crippen LogP contribution < -0.4 is 0 Å². The number of hydrogen-bond donors (Lipinski definition) is 1. The van der Waals surface area contributed by atoms with Crippen molar-refractivity contribution in [1.29, 1.82) is 0 Å². The van der Waals surface area contributed by atoms with E-state index < -0.39 is 0 Å². The Morgan fingerprint density at radius 1 is 1.58 bits per heavy atom. The van der Waals surface area contributed by atoms with Crippen molar-refractivity contribution >= 4 is 5.97 Å². The maximum atomic E-state index is 11.7. The number of hydrogen-bond acceptors (Lipinski definition) is 4. The van der Waals surface area contributed by atoms with Crippen molar-refractivity contribution in [2.45, 2.75) is 50.4 Å². The SMILES string of the molecule is C=C1C(=O)O[C@@H]2C3O[C@]3(C)CC/C=C(/CO)CC[C@@H]12. The van der Waals surface area contributed by atoms with Crippen molar-refractivity contribution in [3.63, 3.8) is 0 Å². The molecule has 1 unspecified atom stereocenters. The lowest BCUT2D eigenvalue weighted by atomic mass is 9.84. The number of fused-ring (bicyclic) bond motifs is 3. The van der Waals surface area contributed by atoms with Crippen LogP contribution in [0.25, 0.3) is 0 Å². The van der Waals surface area contributed by atoms with Crippen LogP contribution in [0.1, 0.15) is 32.6 Å². The van der Waals surface area contributed by atoms with E-state index in [2.05, 4.69) is 19.6 Å². The molecule has 0 spiro atoms. The number of epoxide rings is 1. The van der Waals surface area contributed by atoms with Crippen LogP contribution in [0.2, 0.25) is 0 Å². The molecule has 0 bridgehead atoms. The first kappa shape index (κ1) is 12.9. The Balaban J connectivity index is 1.86. The number of carbonyl (C=O) groups is 1. The second-order valence-electron chi connectivity index (χ2n) is 5.95. The molecule has 1 aliphatic carbocycles. The molecule has 0 aromatic carbocycles. The fraction of sp³-hybridized carbons (Fsp3) is 0.667. The molecule has 2 saturated heterocycles. The highest BCUT2D eigenvalue weighted by Crippen LogP contribution is 2.49. The van der Waals surface area contributed by atoms with Crippen LogP contribution in [0.3, 0.4) is 0 Å². The van der Waals surface area contributed by atoms with Crippen molar-refractivity contribution in [2.24, 2.45) is 5.92 Å². The molecule has 4 heteroatoms. The summed E-state index contributed by atoms with van der Waals surface area (Å²) >= 11 is 0. The van der Waals surface area contributed by atoms with Gasteiger partial charge in [-0.15, -0.1) is 0 Å². The molecule has 2 aliphatic heterocycles. The number of allylic oxidation sites excluding steroid dienone is 1. The molecule has 2 fully saturated rings. The molecule has 0 aromatic rings. The zero-order valence-electron chi connectivity index (χ0n) is 11.2. The second kappa shape index (κ2) is 4.46. The Labute approximate surface area is 113 Å². The van der Waals surface area contributed by atoms with Gasteiger partial charge in [-0.05, 0) is 38.2 Å². The van der Waals surface area contributed by atoms with Crippen molar-refractivity contribution in [1.82, 2.24) is 0 Å². The lowest BCUT2D eigenvalue weighted by Crippen LogP contribution is -2.29. The van der Waals surface area contributed by atoms with Gasteiger partial charge in [-0.2, -0.15) is 0 Å². The molecular formula is C15H20O4. The van der Waals surface area contributed by atoms with Crippen LogP contribution in [-0.2, 0) is 14.3 Å². The van der Waals surface area contributed by atoms with Crippen LogP contribution in [0, 0.1) is 5.92 Å². The fourth-order valence-corrected chi connectivity index (χ4v) is 3.26. The quantitative estimate of drug-likeness (QED) is 0.339. The van der Waals surface area contributed by atoms with Gasteiger partial charge in [0.2, 0.25) is 0 Å². The minimum atomic E-state index is -0.290. The third-order valence-corrected chi connectivity index (χ3v) is 4.64. The first-order chi connectivity index (χ1) is 9.05. The molecule has 3 rings (SSSR count). The van der Waals surface area contributed by atoms with E-state index in [1.807, 2.05) is 0 Å². The summed E-state index contributed by atoms with van der Waals surface area (Å²) in [5.41, 5.74) is 1.40. The number of rotatable bonds is 1. The lowest BCUT2D eigenvalue weighted by Gasteiger charge is -2.19. The number of ether oxygens (including phenoxy) is 2. The molecule has 104 valence electrons. The summed E-state index contributed by atoms with van der Waals surface area (Å²) in [6.07, 6.45) is 5.29. The van der Waals surface area contributed by atoms with Gasteiger partial charge < -0.3 is 14.6 Å². The summed E-state index contributed by atoms with van der Waals surface area (Å²) in [5, 5.41) is 9.35. The molecule has 1 N–H and O–H groups in total. The number of aliphatic hydroxyl groups is 1. The molecule has 0 aromatic heterocycles. The average Bonchev–Trinajstić information content (AvgIpc) is 2.97. The summed E-state index contributed by atoms with van der Waals surface area (Å²) in [4.78, 5) is 11.7. The van der Waals surface area contributed by atoms with Crippen molar-refractivity contribution in [2.75, 3.05) is 6.61 Å². The maximum Gasteiger partial charge on any atom is 0.334 e. The van der Waals surface area contributed by atoms with Crippen molar-refractivity contribution < 1.29 is 19.4 Å². The average molecular weight is 264 g/mol. The van der Waals surface area contributed by atoms with Crippen LogP contribution in [0.4, 0.5) is 0 Å². The van der Waals surface area contributed by atoms with Crippen LogP contribution in [0.5, 0.6) is 0 Å². The molecular weight excluding hydrogens is 244 g/mol. The Morgan fingerprint density at radius 3 is 3.11 bits per heavy atom. The van der Waals surface area contributed by atoms with Crippen molar-refractivity contribution in [3.8, 4) is 0 Å². The summed E-state index contributed by atoms with van der Waals surface area (Å²) in [7, 11) is 0. The summed E-state index contributed by atoms with van der Waals surface area (Å²) in [5.74, 6) is -0.269. The summed E-state index contributed by atoms with van der Waals surface area (Å²) < 4.78 is 11.3. The molecule has 0 amide bonds. The molecule has 4 nitrogen and oxygen atoms in total. The molecule has 2 heterocycles. The zero-order chi connectivity index (χ0) is 13.6. The molecule has 0 radical (unpaired) electrons. The van der Waals surface area contributed by atoms with Gasteiger partial charge in [-0.3, -0.25) is 0 Å². The van der Waals surface area contributed by atoms with Gasteiger partial charge in [0, 0.05) is 11.5 Å². The Morgan fingerprint density at radius 2 is 2.37 bits per heavy atom. The Hall–Kier alpha value is -1.13. The monoisotopic (exact) mass is 264 g/mol. The van der Waals surface area contributed by atoms with Gasteiger partial charge in [-0.1, -0.05) is 12.7 Å². The number of esters is 1. The second-order valence-corrected chi connectivity index (χ2v) is 5.95. The minimum Gasteiger partial charge on any atom is -0.455 e. The van der Waals surface area contributed by atoms with E-state index in [-0.39, 0.29) is 36.3 Å². The molecule has 3 aliphatic rings. The molecule has 0 saturated carbocycles. The minimum absolute atomic E-state index is 0.00442. The Bertz CT molecular complexity index is 453. The maximum absolute atomic E-state index is 11.7. The standard InChI is InChI=1S/C15H20O4/c1-9-11-6-5-10(8-16)4-3-7-15(2)13(19-15)12(11)18-14(9)17/h4,11-13,16H,1,3,5-8H2,2H3/b10-4+/t11-,12-,13?,15+/m0/s1. The first-order valence-electron chi connectivity index (χ1n) is 6.91. The predicted octanol–water partition coefficient (Wildman–Crippen LogP) is 1.73. The van der Waals surface area contributed by atoms with Crippen LogP contribution >= 0.6 is 0 Å². The lowest BCUT2D eigenvalue weighted by molar-refractivity contribution is -0.140. The van der Waals surface area contributed by atoms with Crippen LogP contribution in [0.15, 0.2) is 23.8 Å². The van der Waals surface area contributed by atoms with E-state index in [0.29, 0.717) is 5.57 Å². The smallest absolute Gasteiger partial charge is 0.334 e. The number of carbonyl (C=O) groups excluding carboxylic acids is 1. The van der Waals surface area contributed by atoms with E-state index in [1.165, 1.54) is 0 Å². The molecule has 19 heavy (non-hydrogen) atoms. The van der Waals surface area contributed by atoms with Gasteiger partial charge >= 0.3 is 5.97 Å². The topological polar surface area (TPSA) is 59.1 Å². The highest BCUT2D eigenvalue weighted by Gasteiger charge is 2.61.